The van der Waals surface area contributed by atoms with Crippen molar-refractivity contribution >= 4 is 29.1 Å². The minimum absolute atomic E-state index is 0.0415. The molecule has 0 radical (unpaired) electrons. The standard InChI is InChI=1S/C22H23F3N4O3/c23-16-6-7-17(21(25)20(16)24)28-18(30)12-26-19(31)13-29-10-8-14(9-11-29)22(32)27-15-4-2-1-3-5-15/h1-7,14H,8-13H2,(H,26,31)(H,27,32)(H,28,30). The average Bonchev–Trinajstić information content (AvgIpc) is 2.79. The number of hydrogen-bond acceptors (Lipinski definition) is 4. The third-order valence-corrected chi connectivity index (χ3v) is 5.12. The molecule has 3 N–H and O–H groups in total. The highest BCUT2D eigenvalue weighted by molar-refractivity contribution is 5.95. The number of carbonyl (C=O) groups excluding carboxylic acids is 3. The maximum absolute atomic E-state index is 13.6. The molecule has 0 saturated carbocycles. The fourth-order valence-electron chi connectivity index (χ4n) is 3.37. The van der Waals surface area contributed by atoms with Crippen LogP contribution in [0.5, 0.6) is 0 Å². The summed E-state index contributed by atoms with van der Waals surface area (Å²) in [7, 11) is 0. The lowest BCUT2D eigenvalue weighted by Crippen LogP contribution is -2.44. The molecule has 0 aliphatic carbocycles. The second kappa shape index (κ2) is 10.8. The Morgan fingerprint density at radius 3 is 2.25 bits per heavy atom. The molecular weight excluding hydrogens is 425 g/mol. The molecule has 1 aliphatic heterocycles. The van der Waals surface area contributed by atoms with Crippen LogP contribution >= 0.6 is 0 Å². The molecule has 1 heterocycles. The lowest BCUT2D eigenvalue weighted by atomic mass is 9.96. The molecule has 2 aromatic carbocycles. The molecule has 0 aromatic heterocycles. The third kappa shape index (κ3) is 6.30. The smallest absolute Gasteiger partial charge is 0.243 e. The summed E-state index contributed by atoms with van der Waals surface area (Å²) < 4.78 is 39.7. The average molecular weight is 448 g/mol. The van der Waals surface area contributed by atoms with Gasteiger partial charge in [0.05, 0.1) is 18.8 Å². The molecule has 0 spiro atoms. The first-order valence-corrected chi connectivity index (χ1v) is 10.1. The zero-order valence-corrected chi connectivity index (χ0v) is 17.2. The fourth-order valence-corrected chi connectivity index (χ4v) is 3.37. The van der Waals surface area contributed by atoms with E-state index in [4.69, 9.17) is 0 Å². The van der Waals surface area contributed by atoms with Gasteiger partial charge in [0.15, 0.2) is 17.5 Å². The van der Waals surface area contributed by atoms with Crippen molar-refractivity contribution in [2.24, 2.45) is 5.92 Å². The molecule has 1 saturated heterocycles. The molecule has 0 unspecified atom stereocenters. The highest BCUT2D eigenvalue weighted by Crippen LogP contribution is 2.20. The molecule has 2 aromatic rings. The number of piperidine rings is 1. The van der Waals surface area contributed by atoms with Gasteiger partial charge in [-0.1, -0.05) is 18.2 Å². The van der Waals surface area contributed by atoms with E-state index in [1.165, 1.54) is 0 Å². The molecule has 1 fully saturated rings. The maximum Gasteiger partial charge on any atom is 0.243 e. The largest absolute Gasteiger partial charge is 0.346 e. The van der Waals surface area contributed by atoms with Crippen LogP contribution in [0.4, 0.5) is 24.5 Å². The van der Waals surface area contributed by atoms with E-state index in [1.54, 1.807) is 0 Å². The summed E-state index contributed by atoms with van der Waals surface area (Å²) in [5.74, 6) is -5.96. The van der Waals surface area contributed by atoms with Crippen LogP contribution in [0.2, 0.25) is 0 Å². The lowest BCUT2D eigenvalue weighted by Gasteiger charge is -2.30. The maximum atomic E-state index is 13.6. The van der Waals surface area contributed by atoms with Crippen molar-refractivity contribution in [2.45, 2.75) is 12.8 Å². The van der Waals surface area contributed by atoms with Gasteiger partial charge < -0.3 is 16.0 Å². The van der Waals surface area contributed by atoms with E-state index in [2.05, 4.69) is 16.0 Å². The first-order valence-electron chi connectivity index (χ1n) is 10.1. The molecule has 3 rings (SSSR count). The molecule has 0 bridgehead atoms. The molecule has 170 valence electrons. The van der Waals surface area contributed by atoms with Crippen LogP contribution in [0, 0.1) is 23.4 Å². The van der Waals surface area contributed by atoms with E-state index >= 15 is 0 Å². The number of carbonyl (C=O) groups is 3. The van der Waals surface area contributed by atoms with Gasteiger partial charge >= 0.3 is 0 Å². The second-order valence-electron chi connectivity index (χ2n) is 7.45. The van der Waals surface area contributed by atoms with Crippen LogP contribution in [0.1, 0.15) is 12.8 Å². The first-order chi connectivity index (χ1) is 15.3. The predicted octanol–water partition coefficient (Wildman–Crippen LogP) is 2.51. The van der Waals surface area contributed by atoms with Crippen molar-refractivity contribution in [2.75, 3.05) is 36.8 Å². The minimum atomic E-state index is -1.69. The summed E-state index contributed by atoms with van der Waals surface area (Å²) in [5, 5.41) is 7.36. The zero-order valence-electron chi connectivity index (χ0n) is 17.2. The molecular formula is C22H23F3N4O3. The topological polar surface area (TPSA) is 90.5 Å². The Balaban J connectivity index is 1.37. The molecule has 10 heteroatoms. The van der Waals surface area contributed by atoms with Crippen LogP contribution in [-0.2, 0) is 14.4 Å². The van der Waals surface area contributed by atoms with E-state index < -0.39 is 41.5 Å². The number of hydrogen-bond donors (Lipinski definition) is 3. The van der Waals surface area contributed by atoms with Crippen molar-refractivity contribution < 1.29 is 27.6 Å². The summed E-state index contributed by atoms with van der Waals surface area (Å²) in [5.41, 5.74) is 0.222. The van der Waals surface area contributed by atoms with Crippen molar-refractivity contribution in [3.05, 3.63) is 59.9 Å². The molecule has 3 amide bonds. The number of amides is 3. The number of likely N-dealkylation sites (tertiary alicyclic amines) is 1. The highest BCUT2D eigenvalue weighted by Gasteiger charge is 2.26. The summed E-state index contributed by atoms with van der Waals surface area (Å²) in [6.07, 6.45) is 1.20. The second-order valence-corrected chi connectivity index (χ2v) is 7.45. The molecule has 7 nitrogen and oxygen atoms in total. The van der Waals surface area contributed by atoms with Gasteiger partial charge in [0.25, 0.3) is 0 Å². The Bertz CT molecular complexity index is 980. The van der Waals surface area contributed by atoms with E-state index in [-0.39, 0.29) is 18.4 Å². The summed E-state index contributed by atoms with van der Waals surface area (Å²) in [6, 6.07) is 10.8. The highest BCUT2D eigenvalue weighted by atomic mass is 19.2. The van der Waals surface area contributed by atoms with Crippen LogP contribution < -0.4 is 16.0 Å². The number of halogens is 3. The normalized spacial score (nSPS) is 14.6. The SMILES string of the molecule is O=C(CN1CCC(C(=O)Nc2ccccc2)CC1)NCC(=O)Nc1ccc(F)c(F)c1F. The monoisotopic (exact) mass is 448 g/mol. The Kier molecular flexibility index (Phi) is 7.82. The Morgan fingerprint density at radius 1 is 0.875 bits per heavy atom. The summed E-state index contributed by atoms with van der Waals surface area (Å²) in [4.78, 5) is 38.2. The number of anilines is 2. The van der Waals surface area contributed by atoms with Gasteiger partial charge in [0.1, 0.15) is 0 Å². The van der Waals surface area contributed by atoms with E-state index in [0.717, 1.165) is 11.8 Å². The van der Waals surface area contributed by atoms with Gasteiger partial charge in [-0.2, -0.15) is 0 Å². The predicted molar refractivity (Wildman–Crippen MR) is 112 cm³/mol. The van der Waals surface area contributed by atoms with Crippen molar-refractivity contribution in [3.8, 4) is 0 Å². The fraction of sp³-hybridized carbons (Fsp3) is 0.318. The van der Waals surface area contributed by atoms with Gasteiger partial charge in [-0.15, -0.1) is 0 Å². The van der Waals surface area contributed by atoms with Crippen molar-refractivity contribution in [1.82, 2.24) is 10.2 Å². The lowest BCUT2D eigenvalue weighted by molar-refractivity contribution is -0.125. The summed E-state index contributed by atoms with van der Waals surface area (Å²) >= 11 is 0. The van der Waals surface area contributed by atoms with Gasteiger partial charge in [-0.25, -0.2) is 13.2 Å². The minimum Gasteiger partial charge on any atom is -0.346 e. The van der Waals surface area contributed by atoms with Gasteiger partial charge in [-0.3, -0.25) is 19.3 Å². The quantitative estimate of drug-likeness (QED) is 0.568. The Morgan fingerprint density at radius 2 is 1.56 bits per heavy atom. The Hall–Kier alpha value is -3.40. The van der Waals surface area contributed by atoms with Gasteiger partial charge in [-0.05, 0) is 50.2 Å². The van der Waals surface area contributed by atoms with Crippen LogP contribution in [0.3, 0.4) is 0 Å². The first kappa shape index (κ1) is 23.3. The number of nitrogens with one attached hydrogen (secondary N) is 3. The van der Waals surface area contributed by atoms with Crippen LogP contribution in [0.15, 0.2) is 42.5 Å². The van der Waals surface area contributed by atoms with Crippen molar-refractivity contribution in [3.63, 3.8) is 0 Å². The van der Waals surface area contributed by atoms with Crippen LogP contribution in [-0.4, -0.2) is 48.8 Å². The molecule has 32 heavy (non-hydrogen) atoms. The van der Waals surface area contributed by atoms with E-state index in [0.29, 0.717) is 32.0 Å². The zero-order chi connectivity index (χ0) is 23.1. The molecule has 0 atom stereocenters. The number of rotatable bonds is 7. The number of para-hydroxylation sites is 1. The van der Waals surface area contributed by atoms with Crippen molar-refractivity contribution in [1.29, 1.82) is 0 Å². The Labute approximate surface area is 183 Å². The number of benzene rings is 2. The van der Waals surface area contributed by atoms with E-state index in [1.807, 2.05) is 35.2 Å². The molecule has 1 aliphatic rings. The van der Waals surface area contributed by atoms with Gasteiger partial charge in [0, 0.05) is 11.6 Å². The summed E-state index contributed by atoms with van der Waals surface area (Å²) in [6.45, 7) is 0.687. The number of nitrogens with zero attached hydrogens (tertiary/aromatic N) is 1. The third-order valence-electron chi connectivity index (χ3n) is 5.12. The van der Waals surface area contributed by atoms with E-state index in [9.17, 15) is 27.6 Å². The van der Waals surface area contributed by atoms with Gasteiger partial charge in [0.2, 0.25) is 17.7 Å². The van der Waals surface area contributed by atoms with Crippen LogP contribution in [0.25, 0.3) is 0 Å².